The van der Waals surface area contributed by atoms with Crippen molar-refractivity contribution in [3.8, 4) is 0 Å². The van der Waals surface area contributed by atoms with Gasteiger partial charge in [-0.05, 0) is 139 Å². The van der Waals surface area contributed by atoms with Crippen LogP contribution in [0.4, 0.5) is 47.3 Å². The predicted molar refractivity (Wildman–Crippen MR) is 302 cm³/mol. The first kappa shape index (κ1) is 60.7. The van der Waals surface area contributed by atoms with Gasteiger partial charge >= 0.3 is 24.4 Å². The van der Waals surface area contributed by atoms with Crippen molar-refractivity contribution in [2.24, 2.45) is 0 Å². The Hall–Kier alpha value is -6.88. The summed E-state index contributed by atoms with van der Waals surface area (Å²) in [7, 11) is 3.19. The van der Waals surface area contributed by atoms with E-state index in [0.29, 0.717) is 73.9 Å². The Kier molecular flexibility index (Phi) is 18.4. The molecule has 9 rings (SSSR count). The third-order valence-electron chi connectivity index (χ3n) is 16.6. The second kappa shape index (κ2) is 25.1. The normalized spacial score (nSPS) is 26.6. The molecule has 6 fully saturated rings. The van der Waals surface area contributed by atoms with E-state index in [4.69, 9.17) is 0 Å². The molecule has 4 aliphatic heterocycles. The first-order valence-electron chi connectivity index (χ1n) is 27.7. The molecule has 11 atom stereocenters. The second-order valence-corrected chi connectivity index (χ2v) is 24.4. The summed E-state index contributed by atoms with van der Waals surface area (Å²) in [6.07, 6.45) is -5.69. The minimum Gasteiger partial charge on any atom is -0.351 e. The number of urea groups is 2. The molecule has 448 valence electrons. The summed E-state index contributed by atoms with van der Waals surface area (Å²) in [5.74, 6) is -3.00. The number of fused-ring (bicyclic) bond motifs is 2. The minimum absolute atomic E-state index is 0.147. The van der Waals surface area contributed by atoms with Crippen LogP contribution in [0.1, 0.15) is 99.3 Å². The zero-order valence-electron chi connectivity index (χ0n) is 46.0. The molecule has 2 saturated carbocycles. The lowest BCUT2D eigenvalue weighted by Crippen LogP contribution is -2.62. The Morgan fingerprint density at radius 2 is 1.01 bits per heavy atom. The molecule has 20 nitrogen and oxygen atoms in total. The fourth-order valence-corrected chi connectivity index (χ4v) is 13.4. The first-order valence-corrected chi connectivity index (χ1v) is 29.8. The van der Waals surface area contributed by atoms with Gasteiger partial charge in [-0.25, -0.2) is 9.59 Å². The molecule has 2 aliphatic carbocycles. The van der Waals surface area contributed by atoms with Crippen LogP contribution in [0, 0.1) is 0 Å². The molecule has 6 aliphatic rings. The summed E-state index contributed by atoms with van der Waals surface area (Å²) < 4.78 is 82.2. The minimum atomic E-state index is -4.48. The summed E-state index contributed by atoms with van der Waals surface area (Å²) >= 11 is -1.51. The number of nitrogens with zero attached hydrogens (tertiary/aromatic N) is 4. The zero-order valence-corrected chi connectivity index (χ0v) is 48.1. The SMILES string of the molecule is CN[C@@H](C)C(=O)NI=C1CN(C(=O)Nc2ccc(NC(=O)N3CC[C@H]4CC[C@@H](C(=O)N[C@H]5C[C@@H]5c5ccc(C(F)(F)F)cc5)N4C(=O)[C@@H](NC(=O)[C@H](C)NC)C3)cc2)CC[C@H]2CC[C@@H](C(=O)N[C@H]3C[C@@H]3c3ccc(C(F)(F)F)cc3)N2C1=O. The lowest BCUT2D eigenvalue weighted by Gasteiger charge is -2.39. The number of rotatable bonds is 14. The van der Waals surface area contributed by atoms with E-state index in [1.54, 1.807) is 57.1 Å². The van der Waals surface area contributed by atoms with Gasteiger partial charge in [0.05, 0.1) is 39.8 Å². The maximum atomic E-state index is 14.6. The Morgan fingerprint density at radius 3 is 1.49 bits per heavy atom. The Bertz CT molecular complexity index is 2990. The average molecular weight is 1280 g/mol. The predicted octanol–water partition coefficient (Wildman–Crippen LogP) is 5.14. The average Bonchev–Trinajstić information content (AvgIpc) is 3.54. The molecule has 27 heteroatoms. The van der Waals surface area contributed by atoms with E-state index in [2.05, 4.69) is 40.7 Å². The highest BCUT2D eigenvalue weighted by Gasteiger charge is 2.50. The van der Waals surface area contributed by atoms with E-state index in [0.717, 1.165) is 24.3 Å². The van der Waals surface area contributed by atoms with Crippen molar-refractivity contribution < 1.29 is 64.7 Å². The Labute approximate surface area is 485 Å². The highest BCUT2D eigenvalue weighted by molar-refractivity contribution is 14.2. The Morgan fingerprint density at radius 1 is 0.566 bits per heavy atom. The quantitative estimate of drug-likeness (QED) is 0.0601. The number of likely N-dealkylation sites (N-methyl/N-ethyl adjacent to an activating group) is 2. The number of amides is 10. The maximum Gasteiger partial charge on any atom is 0.416 e. The molecule has 0 bridgehead atoms. The zero-order chi connectivity index (χ0) is 59.7. The molecule has 3 aromatic carbocycles. The van der Waals surface area contributed by atoms with E-state index < -0.39 is 122 Å². The standard InChI is InChI=1S/C56H67F6IN12O8/c1-29(64-3)47(76)70-44-28-73(24-22-38-18-20-46(75(38)52(44)81)50(79)69-43-26-40(43)32-7-11-34(12-8-32)56(60,61)62)54(83)67-36-15-13-35(14-16-36)66-53(82)72-23-21-37-17-19-45(74(37)51(80)41(27-72)63-71-48(77)30(2)65-4)49(78)68-42-25-39(42)31-5-9-33(10-6-31)55(57,58)59/h5-16,29-30,37-40,42-46,64-65H,17-28H2,1-4H3,(H,66,82)(H,67,83)(H,68,78)(H,69,79)(H,70,76)(H,71,77)/t29-,30-,37+,38+,39+,40+,42-,43-,44-,45-,46-/m0/s1. The third-order valence-corrected chi connectivity index (χ3v) is 18.8. The number of hydrogen-bond donors (Lipinski definition) is 8. The lowest BCUT2D eigenvalue weighted by atomic mass is 10.1. The molecule has 0 unspecified atom stereocenters. The summed E-state index contributed by atoms with van der Waals surface area (Å²) in [6.45, 7) is 3.21. The second-order valence-electron chi connectivity index (χ2n) is 22.0. The number of nitrogens with one attached hydrogen (secondary N) is 8. The van der Waals surface area contributed by atoms with Crippen molar-refractivity contribution in [3.05, 3.63) is 95.1 Å². The number of carbonyl (C=O) groups excluding carboxylic acids is 8. The van der Waals surface area contributed by atoms with Crippen LogP contribution in [-0.2, 0) is 41.1 Å². The van der Waals surface area contributed by atoms with Crippen LogP contribution >= 0.6 is 21.0 Å². The molecule has 4 saturated heterocycles. The smallest absolute Gasteiger partial charge is 0.351 e. The van der Waals surface area contributed by atoms with Crippen molar-refractivity contribution in [2.45, 2.75) is 144 Å². The van der Waals surface area contributed by atoms with E-state index >= 15 is 0 Å². The van der Waals surface area contributed by atoms with Gasteiger partial charge in [-0.3, -0.25) is 28.8 Å². The molecule has 8 N–H and O–H groups in total. The Balaban J connectivity index is 0.819. The van der Waals surface area contributed by atoms with Gasteiger partial charge in [-0.15, -0.1) is 0 Å². The fourth-order valence-electron chi connectivity index (χ4n) is 11.3. The highest BCUT2D eigenvalue weighted by Crippen LogP contribution is 2.44. The van der Waals surface area contributed by atoms with Crippen molar-refractivity contribution in [1.82, 2.24) is 49.7 Å². The highest BCUT2D eigenvalue weighted by atomic mass is 127. The van der Waals surface area contributed by atoms with Gasteiger partial charge in [-0.1, -0.05) is 24.3 Å². The summed E-state index contributed by atoms with van der Waals surface area (Å²) in [5, 5.41) is 20.2. The van der Waals surface area contributed by atoms with Crippen molar-refractivity contribution >= 4 is 83.4 Å². The van der Waals surface area contributed by atoms with Crippen molar-refractivity contribution in [3.63, 3.8) is 0 Å². The van der Waals surface area contributed by atoms with Gasteiger partial charge in [0.1, 0.15) is 18.1 Å². The van der Waals surface area contributed by atoms with Crippen LogP contribution in [0.5, 0.6) is 0 Å². The maximum absolute atomic E-state index is 14.6. The molecule has 83 heavy (non-hydrogen) atoms. The van der Waals surface area contributed by atoms with Crippen LogP contribution in [0.25, 0.3) is 0 Å². The van der Waals surface area contributed by atoms with Gasteiger partial charge in [0.2, 0.25) is 29.5 Å². The number of carbonyl (C=O) groups is 8. The summed E-state index contributed by atoms with van der Waals surface area (Å²) in [6, 6.07) is 9.03. The van der Waals surface area contributed by atoms with Crippen molar-refractivity contribution in [2.75, 3.05) is 50.9 Å². The van der Waals surface area contributed by atoms with E-state index in [9.17, 15) is 64.7 Å². The molecule has 0 radical (unpaired) electrons. The third kappa shape index (κ3) is 14.2. The first-order chi connectivity index (χ1) is 39.4. The number of alkyl halides is 6. The van der Waals surface area contributed by atoms with Crippen LogP contribution in [0.2, 0.25) is 0 Å². The van der Waals surface area contributed by atoms with Gasteiger partial charge in [0.15, 0.2) is 0 Å². The van der Waals surface area contributed by atoms with Crippen molar-refractivity contribution in [1.29, 1.82) is 0 Å². The fraction of sp³-hybridized carbons (Fsp3) is 0.518. The molecular formula is C56H67F6IN12O8. The summed E-state index contributed by atoms with van der Waals surface area (Å²) in [4.78, 5) is 117. The molecular weight excluding hydrogens is 1210 g/mol. The van der Waals surface area contributed by atoms with Gasteiger partial charge < -0.3 is 60.3 Å². The van der Waals surface area contributed by atoms with Crippen LogP contribution in [0.3, 0.4) is 0 Å². The number of benzene rings is 3. The lowest BCUT2D eigenvalue weighted by molar-refractivity contribution is -0.144. The van der Waals surface area contributed by atoms with Gasteiger partial charge in [0.25, 0.3) is 5.91 Å². The molecule has 0 spiro atoms. The van der Waals surface area contributed by atoms with Crippen LogP contribution in [0.15, 0.2) is 72.8 Å². The number of halogens is 7. The molecule has 10 amide bonds. The van der Waals surface area contributed by atoms with Gasteiger partial charge in [0, 0.05) is 81.5 Å². The monoisotopic (exact) mass is 1280 g/mol. The number of anilines is 2. The topological polar surface area (TPSA) is 246 Å². The number of hydrogen-bond acceptors (Lipinski definition) is 10. The van der Waals surface area contributed by atoms with Gasteiger partial charge in [-0.2, -0.15) is 26.3 Å². The largest absolute Gasteiger partial charge is 0.416 e. The van der Waals surface area contributed by atoms with E-state index in [1.165, 1.54) is 39.0 Å². The van der Waals surface area contributed by atoms with E-state index in [1.807, 2.05) is 0 Å². The molecule has 4 heterocycles. The molecule has 3 aromatic rings. The van der Waals surface area contributed by atoms with E-state index in [-0.39, 0.29) is 65.4 Å². The molecule has 0 aromatic heterocycles. The van der Waals surface area contributed by atoms with Crippen LogP contribution in [-0.4, -0.2) is 165 Å². The van der Waals surface area contributed by atoms with Crippen LogP contribution < -0.4 is 40.7 Å². The summed E-state index contributed by atoms with van der Waals surface area (Å²) in [5.41, 5.74) is 0.465.